The smallest absolute Gasteiger partial charge is 0.268 e. The van der Waals surface area contributed by atoms with Crippen molar-refractivity contribution < 1.29 is 9.32 Å². The predicted octanol–water partition coefficient (Wildman–Crippen LogP) is 3.68. The standard InChI is InChI=1S/C21H28N4O2S/c1-12-9-20(27-24-12)23-21(26)19-11-16(13(2)28-19)17-10-18(17)22-14-5-7-25(8-6-14)15-3-4-15/h9,11,14-15,17-18,22H,3-8,10H2,1-2H3,(H,23,26). The third kappa shape index (κ3) is 3.88. The minimum atomic E-state index is -0.117. The van der Waals surface area contributed by atoms with E-state index in [9.17, 15) is 4.79 Å². The van der Waals surface area contributed by atoms with Crippen LogP contribution in [-0.4, -0.2) is 47.2 Å². The normalized spacial score (nSPS) is 25.8. The number of amides is 1. The zero-order valence-electron chi connectivity index (χ0n) is 16.5. The Labute approximate surface area is 169 Å². The number of carbonyl (C=O) groups excluding carboxylic acids is 1. The molecule has 1 amide bonds. The Morgan fingerprint density at radius 2 is 2.00 bits per heavy atom. The van der Waals surface area contributed by atoms with Crippen LogP contribution in [0, 0.1) is 13.8 Å². The van der Waals surface area contributed by atoms with Crippen molar-refractivity contribution in [1.29, 1.82) is 0 Å². The van der Waals surface area contributed by atoms with Gasteiger partial charge in [-0.05, 0) is 70.7 Å². The second kappa shape index (κ2) is 7.28. The third-order valence-electron chi connectivity index (χ3n) is 6.28. The highest BCUT2D eigenvalue weighted by Crippen LogP contribution is 2.45. The Balaban J connectivity index is 1.16. The highest BCUT2D eigenvalue weighted by molar-refractivity contribution is 7.14. The SMILES string of the molecule is Cc1cc(NC(=O)c2cc(C3CC3NC3CCN(C4CC4)CC3)c(C)s2)on1. The van der Waals surface area contributed by atoms with E-state index in [-0.39, 0.29) is 5.91 Å². The molecule has 28 heavy (non-hydrogen) atoms. The molecule has 3 fully saturated rings. The van der Waals surface area contributed by atoms with Gasteiger partial charge in [-0.1, -0.05) is 5.16 Å². The van der Waals surface area contributed by atoms with Gasteiger partial charge in [-0.2, -0.15) is 0 Å². The van der Waals surface area contributed by atoms with Crippen molar-refractivity contribution >= 4 is 23.1 Å². The summed E-state index contributed by atoms with van der Waals surface area (Å²) < 4.78 is 5.09. The summed E-state index contributed by atoms with van der Waals surface area (Å²) in [4.78, 5) is 17.2. The molecule has 3 heterocycles. The van der Waals surface area contributed by atoms with Crippen LogP contribution < -0.4 is 10.6 Å². The monoisotopic (exact) mass is 400 g/mol. The van der Waals surface area contributed by atoms with Crippen molar-refractivity contribution in [3.8, 4) is 0 Å². The zero-order chi connectivity index (χ0) is 19.3. The van der Waals surface area contributed by atoms with E-state index in [1.807, 2.05) is 6.92 Å². The largest absolute Gasteiger partial charge is 0.338 e. The van der Waals surface area contributed by atoms with Gasteiger partial charge in [-0.25, -0.2) is 0 Å². The van der Waals surface area contributed by atoms with Crippen LogP contribution in [0.1, 0.15) is 63.8 Å². The molecule has 2 N–H and O–H groups in total. The zero-order valence-corrected chi connectivity index (χ0v) is 17.3. The number of hydrogen-bond donors (Lipinski definition) is 2. The van der Waals surface area contributed by atoms with Crippen LogP contribution in [0.5, 0.6) is 0 Å². The van der Waals surface area contributed by atoms with Gasteiger partial charge in [0, 0.05) is 35.0 Å². The lowest BCUT2D eigenvalue weighted by Gasteiger charge is -2.32. The molecular weight excluding hydrogens is 372 g/mol. The van der Waals surface area contributed by atoms with E-state index < -0.39 is 0 Å². The van der Waals surface area contributed by atoms with Gasteiger partial charge < -0.3 is 14.7 Å². The molecule has 6 nitrogen and oxygen atoms in total. The minimum absolute atomic E-state index is 0.117. The van der Waals surface area contributed by atoms with Crippen molar-refractivity contribution in [3.63, 3.8) is 0 Å². The summed E-state index contributed by atoms with van der Waals surface area (Å²) in [5.41, 5.74) is 2.09. The molecule has 0 bridgehead atoms. The van der Waals surface area contributed by atoms with E-state index in [2.05, 4.69) is 33.7 Å². The minimum Gasteiger partial charge on any atom is -0.338 e. The molecule has 7 heteroatoms. The van der Waals surface area contributed by atoms with E-state index in [1.54, 1.807) is 17.4 Å². The number of likely N-dealkylation sites (tertiary alicyclic amines) is 1. The van der Waals surface area contributed by atoms with E-state index >= 15 is 0 Å². The number of anilines is 1. The molecule has 1 saturated heterocycles. The number of thiophene rings is 1. The van der Waals surface area contributed by atoms with Crippen molar-refractivity contribution in [2.24, 2.45) is 0 Å². The number of nitrogens with zero attached hydrogens (tertiary/aromatic N) is 2. The van der Waals surface area contributed by atoms with Crippen LogP contribution in [0.3, 0.4) is 0 Å². The molecule has 3 aliphatic rings. The molecule has 2 aromatic rings. The van der Waals surface area contributed by atoms with Crippen LogP contribution >= 0.6 is 11.3 Å². The van der Waals surface area contributed by atoms with Crippen LogP contribution in [0.25, 0.3) is 0 Å². The number of piperidine rings is 1. The first-order chi connectivity index (χ1) is 13.6. The summed E-state index contributed by atoms with van der Waals surface area (Å²) in [6, 6.07) is 5.92. The Hall–Kier alpha value is -1.70. The van der Waals surface area contributed by atoms with Crippen LogP contribution in [0.4, 0.5) is 5.88 Å². The molecule has 5 rings (SSSR count). The van der Waals surface area contributed by atoms with Gasteiger partial charge in [-0.3, -0.25) is 10.1 Å². The molecule has 150 valence electrons. The van der Waals surface area contributed by atoms with Crippen molar-refractivity contribution in [3.05, 3.63) is 33.1 Å². The fourth-order valence-electron chi connectivity index (χ4n) is 4.47. The summed E-state index contributed by atoms with van der Waals surface area (Å²) in [6.07, 6.45) is 6.54. The highest BCUT2D eigenvalue weighted by Gasteiger charge is 2.42. The number of hydrogen-bond acceptors (Lipinski definition) is 6. The molecule has 2 aromatic heterocycles. The average molecular weight is 401 g/mol. The first-order valence-corrected chi connectivity index (χ1v) is 11.2. The van der Waals surface area contributed by atoms with Gasteiger partial charge in [0.25, 0.3) is 5.91 Å². The Bertz CT molecular complexity index is 864. The van der Waals surface area contributed by atoms with E-state index in [0.717, 1.165) is 16.6 Å². The molecule has 0 spiro atoms. The Morgan fingerprint density at radius 3 is 2.68 bits per heavy atom. The summed E-state index contributed by atoms with van der Waals surface area (Å²) in [5.74, 6) is 0.832. The molecule has 1 aliphatic heterocycles. The van der Waals surface area contributed by atoms with Gasteiger partial charge in [-0.15, -0.1) is 11.3 Å². The third-order valence-corrected chi connectivity index (χ3v) is 7.34. The average Bonchev–Trinajstić information content (AvgIpc) is 3.58. The molecule has 0 aromatic carbocycles. The highest BCUT2D eigenvalue weighted by atomic mass is 32.1. The summed E-state index contributed by atoms with van der Waals surface area (Å²) in [6.45, 7) is 6.46. The van der Waals surface area contributed by atoms with Crippen molar-refractivity contribution in [2.45, 2.75) is 70.0 Å². The predicted molar refractivity (Wildman–Crippen MR) is 110 cm³/mol. The number of carbonyl (C=O) groups is 1. The molecular formula is C21H28N4O2S. The lowest BCUT2D eigenvalue weighted by molar-refractivity contribution is 0.102. The fourth-order valence-corrected chi connectivity index (χ4v) is 5.46. The Morgan fingerprint density at radius 1 is 1.21 bits per heavy atom. The van der Waals surface area contributed by atoms with Gasteiger partial charge >= 0.3 is 0 Å². The summed E-state index contributed by atoms with van der Waals surface area (Å²) in [7, 11) is 0. The van der Waals surface area contributed by atoms with Gasteiger partial charge in [0.2, 0.25) is 5.88 Å². The van der Waals surface area contributed by atoms with E-state index in [1.165, 1.54) is 55.6 Å². The lowest BCUT2D eigenvalue weighted by atomic mass is 10.0. The Kier molecular flexibility index (Phi) is 4.77. The maximum absolute atomic E-state index is 12.5. The molecule has 2 saturated carbocycles. The van der Waals surface area contributed by atoms with E-state index in [4.69, 9.17) is 4.52 Å². The lowest BCUT2D eigenvalue weighted by Crippen LogP contribution is -2.44. The fraction of sp³-hybridized carbons (Fsp3) is 0.619. The first-order valence-electron chi connectivity index (χ1n) is 10.4. The number of aryl methyl sites for hydroxylation is 2. The van der Waals surface area contributed by atoms with Gasteiger partial charge in [0.05, 0.1) is 10.6 Å². The molecule has 2 unspecified atom stereocenters. The maximum Gasteiger partial charge on any atom is 0.268 e. The van der Waals surface area contributed by atoms with Crippen LogP contribution in [0.15, 0.2) is 16.7 Å². The van der Waals surface area contributed by atoms with E-state index in [0.29, 0.717) is 23.9 Å². The van der Waals surface area contributed by atoms with Crippen LogP contribution in [0.2, 0.25) is 0 Å². The summed E-state index contributed by atoms with van der Waals surface area (Å²) >= 11 is 1.57. The quantitative estimate of drug-likeness (QED) is 0.774. The van der Waals surface area contributed by atoms with Crippen LogP contribution in [-0.2, 0) is 0 Å². The number of rotatable bonds is 6. The molecule has 2 atom stereocenters. The molecule has 0 radical (unpaired) electrons. The second-order valence-corrected chi connectivity index (χ2v) is 9.82. The first kappa shape index (κ1) is 18.3. The van der Waals surface area contributed by atoms with Crippen molar-refractivity contribution in [2.75, 3.05) is 18.4 Å². The number of aromatic nitrogens is 1. The van der Waals surface area contributed by atoms with Gasteiger partial charge in [0.1, 0.15) is 0 Å². The van der Waals surface area contributed by atoms with Gasteiger partial charge in [0.15, 0.2) is 0 Å². The molecule has 2 aliphatic carbocycles. The summed E-state index contributed by atoms with van der Waals surface area (Å²) in [5, 5.41) is 10.5. The maximum atomic E-state index is 12.5. The second-order valence-electron chi connectivity index (χ2n) is 8.57. The number of nitrogens with one attached hydrogen (secondary N) is 2. The van der Waals surface area contributed by atoms with Crippen molar-refractivity contribution in [1.82, 2.24) is 15.4 Å². The topological polar surface area (TPSA) is 70.4 Å².